The first-order valence-corrected chi connectivity index (χ1v) is 6.96. The minimum absolute atomic E-state index is 0.137. The molecule has 0 aromatic heterocycles. The third-order valence-electron chi connectivity index (χ3n) is 3.40. The second-order valence-corrected chi connectivity index (χ2v) is 5.65. The highest BCUT2D eigenvalue weighted by Gasteiger charge is 2.34. The van der Waals surface area contributed by atoms with E-state index >= 15 is 0 Å². The van der Waals surface area contributed by atoms with Crippen LogP contribution in [-0.2, 0) is 11.3 Å². The summed E-state index contributed by atoms with van der Waals surface area (Å²) in [6.45, 7) is 0.385. The normalized spacial score (nSPS) is 17.4. The van der Waals surface area contributed by atoms with Gasteiger partial charge in [0.05, 0.1) is 12.2 Å². The lowest BCUT2D eigenvalue weighted by Gasteiger charge is -2.18. The molecule has 5 heteroatoms. The fourth-order valence-corrected chi connectivity index (χ4v) is 2.72. The molecule has 1 amide bonds. The summed E-state index contributed by atoms with van der Waals surface area (Å²) in [6.07, 6.45) is 0. The molecule has 1 unspecified atom stereocenters. The Bertz CT molecular complexity index is 672. The van der Waals surface area contributed by atoms with Gasteiger partial charge in [0.1, 0.15) is 11.9 Å². The number of hydrogen-bond donors (Lipinski definition) is 1. The summed E-state index contributed by atoms with van der Waals surface area (Å²) >= 11 is 3.40. The second kappa shape index (κ2) is 5.00. The average molecular weight is 335 g/mol. The maximum atomic E-state index is 12.9. The first-order chi connectivity index (χ1) is 9.56. The maximum Gasteiger partial charge on any atom is 0.248 e. The fourth-order valence-electron chi connectivity index (χ4n) is 2.37. The van der Waals surface area contributed by atoms with E-state index in [4.69, 9.17) is 5.73 Å². The zero-order valence-electron chi connectivity index (χ0n) is 10.5. The number of hydrogen-bond acceptors (Lipinski definition) is 2. The number of rotatable bonds is 2. The molecule has 2 N–H and O–H groups in total. The van der Waals surface area contributed by atoms with Crippen LogP contribution in [0.1, 0.15) is 17.2 Å². The quantitative estimate of drug-likeness (QED) is 0.917. The van der Waals surface area contributed by atoms with Gasteiger partial charge in [-0.15, -0.1) is 0 Å². The smallest absolute Gasteiger partial charge is 0.248 e. The average Bonchev–Trinajstić information content (AvgIpc) is 2.66. The molecule has 1 heterocycles. The molecule has 0 saturated heterocycles. The number of nitrogens with zero attached hydrogens (tertiary/aromatic N) is 1. The highest BCUT2D eigenvalue weighted by Crippen LogP contribution is 2.37. The van der Waals surface area contributed by atoms with Crippen LogP contribution >= 0.6 is 15.9 Å². The molecular weight excluding hydrogens is 323 g/mol. The van der Waals surface area contributed by atoms with Crippen molar-refractivity contribution in [2.24, 2.45) is 5.73 Å². The highest BCUT2D eigenvalue weighted by atomic mass is 79.9. The molecule has 1 atom stereocenters. The zero-order chi connectivity index (χ0) is 14.3. The summed E-state index contributed by atoms with van der Waals surface area (Å²) in [4.78, 5) is 13.9. The van der Waals surface area contributed by atoms with E-state index in [0.29, 0.717) is 6.54 Å². The van der Waals surface area contributed by atoms with Gasteiger partial charge in [-0.2, -0.15) is 0 Å². The molecule has 0 fully saturated rings. The Balaban J connectivity index is 1.96. The van der Waals surface area contributed by atoms with Crippen LogP contribution in [0.15, 0.2) is 46.9 Å². The van der Waals surface area contributed by atoms with Gasteiger partial charge in [0, 0.05) is 10.0 Å². The molecule has 0 radical (unpaired) electrons. The summed E-state index contributed by atoms with van der Waals surface area (Å²) in [7, 11) is 0. The van der Waals surface area contributed by atoms with Crippen LogP contribution in [-0.4, -0.2) is 5.91 Å². The first kappa shape index (κ1) is 13.3. The van der Waals surface area contributed by atoms with Gasteiger partial charge in [0.25, 0.3) is 0 Å². The van der Waals surface area contributed by atoms with Crippen LogP contribution in [0.3, 0.4) is 0 Å². The summed E-state index contributed by atoms with van der Waals surface area (Å²) < 4.78 is 13.8. The molecule has 102 valence electrons. The molecule has 1 aliphatic rings. The van der Waals surface area contributed by atoms with Gasteiger partial charge in [-0.05, 0) is 29.8 Å². The third kappa shape index (κ3) is 2.23. The molecule has 1 aliphatic heterocycles. The fraction of sp³-hybridized carbons (Fsp3) is 0.133. The number of carbonyl (C=O) groups excluding carboxylic acids is 1. The van der Waals surface area contributed by atoms with Gasteiger partial charge in [0.2, 0.25) is 5.91 Å². The van der Waals surface area contributed by atoms with Gasteiger partial charge < -0.3 is 10.6 Å². The van der Waals surface area contributed by atoms with Crippen molar-refractivity contribution in [2.45, 2.75) is 12.6 Å². The topological polar surface area (TPSA) is 46.3 Å². The van der Waals surface area contributed by atoms with Crippen molar-refractivity contribution in [3.05, 3.63) is 63.9 Å². The van der Waals surface area contributed by atoms with Crippen molar-refractivity contribution in [3.63, 3.8) is 0 Å². The largest absolute Gasteiger partial charge is 0.316 e. The number of halogens is 2. The van der Waals surface area contributed by atoms with Crippen molar-refractivity contribution in [1.29, 1.82) is 0 Å². The Morgan fingerprint density at radius 1 is 1.20 bits per heavy atom. The second-order valence-electron chi connectivity index (χ2n) is 4.73. The van der Waals surface area contributed by atoms with E-state index in [9.17, 15) is 9.18 Å². The van der Waals surface area contributed by atoms with Gasteiger partial charge in [-0.1, -0.05) is 34.1 Å². The number of carbonyl (C=O) groups is 1. The van der Waals surface area contributed by atoms with Crippen LogP contribution in [0, 0.1) is 5.82 Å². The molecule has 2 aromatic carbocycles. The monoisotopic (exact) mass is 334 g/mol. The summed E-state index contributed by atoms with van der Waals surface area (Å²) in [5.74, 6) is -0.427. The number of benzene rings is 2. The third-order valence-corrected chi connectivity index (χ3v) is 3.90. The van der Waals surface area contributed by atoms with E-state index in [1.807, 2.05) is 18.2 Å². The number of anilines is 1. The van der Waals surface area contributed by atoms with Gasteiger partial charge in [-0.3, -0.25) is 4.79 Å². The van der Waals surface area contributed by atoms with Crippen molar-refractivity contribution in [3.8, 4) is 0 Å². The van der Waals surface area contributed by atoms with E-state index in [1.165, 1.54) is 12.1 Å². The van der Waals surface area contributed by atoms with E-state index in [0.717, 1.165) is 21.3 Å². The zero-order valence-corrected chi connectivity index (χ0v) is 12.1. The molecule has 0 saturated carbocycles. The van der Waals surface area contributed by atoms with Crippen molar-refractivity contribution < 1.29 is 9.18 Å². The van der Waals surface area contributed by atoms with Crippen molar-refractivity contribution >= 4 is 27.5 Å². The number of fused-ring (bicyclic) bond motifs is 1. The maximum absolute atomic E-state index is 12.9. The van der Waals surface area contributed by atoms with E-state index in [-0.39, 0.29) is 11.7 Å². The van der Waals surface area contributed by atoms with Crippen LogP contribution in [0.5, 0.6) is 0 Å². The minimum Gasteiger partial charge on any atom is -0.316 e. The Morgan fingerprint density at radius 3 is 2.60 bits per heavy atom. The lowest BCUT2D eigenvalue weighted by atomic mass is 10.1. The van der Waals surface area contributed by atoms with E-state index < -0.39 is 6.04 Å². The van der Waals surface area contributed by atoms with E-state index in [2.05, 4.69) is 15.9 Å². The summed E-state index contributed by atoms with van der Waals surface area (Å²) in [6, 6.07) is 11.1. The molecule has 2 aromatic rings. The molecule has 3 rings (SSSR count). The first-order valence-electron chi connectivity index (χ1n) is 6.17. The number of nitrogens with two attached hydrogens (primary N) is 1. The standard InChI is InChI=1S/C15H12BrFN2O/c16-10-3-6-12-13(7-10)19(15(20)14(12)18)8-9-1-4-11(17)5-2-9/h1-7,14H,8,18H2. The van der Waals surface area contributed by atoms with Crippen LogP contribution < -0.4 is 10.6 Å². The lowest BCUT2D eigenvalue weighted by Crippen LogP contribution is -2.31. The summed E-state index contributed by atoms with van der Waals surface area (Å²) in [5.41, 5.74) is 8.43. The number of amides is 1. The molecule has 0 aliphatic carbocycles. The lowest BCUT2D eigenvalue weighted by molar-refractivity contribution is -0.119. The highest BCUT2D eigenvalue weighted by molar-refractivity contribution is 9.10. The molecule has 0 bridgehead atoms. The Morgan fingerprint density at radius 2 is 1.90 bits per heavy atom. The molecular formula is C15H12BrFN2O. The van der Waals surface area contributed by atoms with Crippen LogP contribution in [0.2, 0.25) is 0 Å². The van der Waals surface area contributed by atoms with Crippen molar-refractivity contribution in [2.75, 3.05) is 4.90 Å². The van der Waals surface area contributed by atoms with Crippen LogP contribution in [0.4, 0.5) is 10.1 Å². The van der Waals surface area contributed by atoms with Gasteiger partial charge >= 0.3 is 0 Å². The molecule has 0 spiro atoms. The predicted octanol–water partition coefficient (Wildman–Crippen LogP) is 3.13. The molecule has 3 nitrogen and oxygen atoms in total. The SMILES string of the molecule is NC1C(=O)N(Cc2ccc(F)cc2)c2cc(Br)ccc21. The molecule has 20 heavy (non-hydrogen) atoms. The Kier molecular flexibility index (Phi) is 3.31. The minimum atomic E-state index is -0.626. The van der Waals surface area contributed by atoms with E-state index in [1.54, 1.807) is 17.0 Å². The van der Waals surface area contributed by atoms with Crippen molar-refractivity contribution in [1.82, 2.24) is 0 Å². The summed E-state index contributed by atoms with van der Waals surface area (Å²) in [5, 5.41) is 0. The van der Waals surface area contributed by atoms with Gasteiger partial charge in [0.15, 0.2) is 0 Å². The Labute approximate surface area is 124 Å². The van der Waals surface area contributed by atoms with Crippen LogP contribution in [0.25, 0.3) is 0 Å². The van der Waals surface area contributed by atoms with Gasteiger partial charge in [-0.25, -0.2) is 4.39 Å². The predicted molar refractivity (Wildman–Crippen MR) is 78.7 cm³/mol. The Hall–Kier alpha value is -1.72.